The van der Waals surface area contributed by atoms with E-state index in [9.17, 15) is 4.79 Å². The maximum absolute atomic E-state index is 11.0. The molecule has 19 heavy (non-hydrogen) atoms. The second-order valence-corrected chi connectivity index (χ2v) is 5.33. The Morgan fingerprint density at radius 1 is 1.26 bits per heavy atom. The molecular formula is C14H28N2O3. The van der Waals surface area contributed by atoms with Gasteiger partial charge in [0.15, 0.2) is 0 Å². The highest BCUT2D eigenvalue weighted by Crippen LogP contribution is 2.14. The van der Waals surface area contributed by atoms with Crippen molar-refractivity contribution in [1.82, 2.24) is 5.48 Å². The van der Waals surface area contributed by atoms with Crippen molar-refractivity contribution in [2.75, 3.05) is 53.0 Å². The zero-order valence-electron chi connectivity index (χ0n) is 12.3. The lowest BCUT2D eigenvalue weighted by atomic mass is 10.1. The van der Waals surface area contributed by atoms with Gasteiger partial charge in [0, 0.05) is 6.42 Å². The molecule has 0 saturated carbocycles. The molecule has 112 valence electrons. The first-order chi connectivity index (χ1) is 9.16. The van der Waals surface area contributed by atoms with Crippen molar-refractivity contribution in [3.05, 3.63) is 6.42 Å². The van der Waals surface area contributed by atoms with Crippen LogP contribution < -0.4 is 5.48 Å². The molecule has 0 radical (unpaired) electrons. The monoisotopic (exact) mass is 272 g/mol. The Morgan fingerprint density at radius 2 is 2.00 bits per heavy atom. The molecule has 0 aromatic carbocycles. The van der Waals surface area contributed by atoms with Gasteiger partial charge in [0.25, 0.3) is 0 Å². The number of likely N-dealkylation sites (tertiary alicyclic amines) is 1. The highest BCUT2D eigenvalue weighted by molar-refractivity contribution is 5.79. The zero-order valence-corrected chi connectivity index (χ0v) is 12.3. The Kier molecular flexibility index (Phi) is 8.21. The highest BCUT2D eigenvalue weighted by atomic mass is 16.7. The van der Waals surface area contributed by atoms with Crippen LogP contribution in [0.3, 0.4) is 0 Å². The molecular weight excluding hydrogens is 244 g/mol. The quantitative estimate of drug-likeness (QED) is 0.278. The number of likely N-dealkylation sites (N-methyl/N-ethyl adjacent to an activating group) is 1. The van der Waals surface area contributed by atoms with Crippen LogP contribution in [0, 0.1) is 6.42 Å². The first-order valence-corrected chi connectivity index (χ1v) is 7.25. The molecule has 0 aromatic rings. The van der Waals surface area contributed by atoms with E-state index in [1.165, 1.54) is 25.9 Å². The molecule has 1 N–H and O–H groups in total. The third-order valence-corrected chi connectivity index (χ3v) is 3.62. The van der Waals surface area contributed by atoms with Crippen LogP contribution in [0.2, 0.25) is 0 Å². The molecule has 0 atom stereocenters. The number of piperidine rings is 1. The van der Waals surface area contributed by atoms with Crippen molar-refractivity contribution in [2.45, 2.75) is 26.2 Å². The number of nitrogens with one attached hydrogen (secondary N) is 1. The number of nitrogens with zero attached hydrogens (tertiary/aromatic N) is 1. The van der Waals surface area contributed by atoms with E-state index in [2.05, 4.69) is 18.9 Å². The van der Waals surface area contributed by atoms with Crippen LogP contribution in [-0.4, -0.2) is 63.3 Å². The average Bonchev–Trinajstić information content (AvgIpc) is 2.42. The van der Waals surface area contributed by atoms with E-state index in [4.69, 9.17) is 9.57 Å². The van der Waals surface area contributed by atoms with E-state index in [1.54, 1.807) is 0 Å². The molecule has 1 fully saturated rings. The minimum Gasteiger partial charge on any atom is -0.373 e. The van der Waals surface area contributed by atoms with Crippen LogP contribution in [-0.2, 0) is 14.4 Å². The second kappa shape index (κ2) is 9.42. The largest absolute Gasteiger partial charge is 0.373 e. The van der Waals surface area contributed by atoms with Gasteiger partial charge in [-0.1, -0.05) is 6.92 Å². The van der Waals surface area contributed by atoms with Crippen LogP contribution in [0.5, 0.6) is 0 Å². The summed E-state index contributed by atoms with van der Waals surface area (Å²) in [5, 5.41) is 0. The van der Waals surface area contributed by atoms with Crippen molar-refractivity contribution < 1.29 is 18.9 Å². The van der Waals surface area contributed by atoms with Crippen LogP contribution >= 0.6 is 0 Å². The summed E-state index contributed by atoms with van der Waals surface area (Å²) in [6.07, 6.45) is 5.35. The summed E-state index contributed by atoms with van der Waals surface area (Å²) in [4.78, 5) is 16.1. The first kappa shape index (κ1) is 16.6. The van der Waals surface area contributed by atoms with Crippen molar-refractivity contribution in [2.24, 2.45) is 0 Å². The molecule has 0 spiro atoms. The summed E-state index contributed by atoms with van der Waals surface area (Å²) >= 11 is 0. The van der Waals surface area contributed by atoms with Gasteiger partial charge in [-0.2, -0.15) is 5.48 Å². The lowest BCUT2D eigenvalue weighted by Gasteiger charge is -2.41. The van der Waals surface area contributed by atoms with E-state index < -0.39 is 0 Å². The van der Waals surface area contributed by atoms with Gasteiger partial charge >= 0.3 is 0 Å². The fraction of sp³-hybridized carbons (Fsp3) is 0.857. The molecule has 0 aliphatic carbocycles. The highest BCUT2D eigenvalue weighted by Gasteiger charge is 2.20. The van der Waals surface area contributed by atoms with E-state index in [1.807, 2.05) is 6.92 Å². The molecule has 1 heterocycles. The fourth-order valence-electron chi connectivity index (χ4n) is 2.10. The summed E-state index contributed by atoms with van der Waals surface area (Å²) in [6.45, 7) is 7.45. The van der Waals surface area contributed by atoms with Gasteiger partial charge in [-0.3, -0.25) is 9.63 Å². The second-order valence-electron chi connectivity index (χ2n) is 5.33. The number of ketones is 1. The summed E-state index contributed by atoms with van der Waals surface area (Å²) in [6, 6.07) is 0. The smallest absolute Gasteiger partial charge is 0.148 e. The fourth-order valence-corrected chi connectivity index (χ4v) is 2.10. The summed E-state index contributed by atoms with van der Waals surface area (Å²) in [5.74, 6) is 0.153. The maximum atomic E-state index is 11.0. The third kappa shape index (κ3) is 7.62. The number of Topliss-reactive ketones (excluding diaryl/α,β-unsaturated/α-hetero) is 1. The molecule has 0 bridgehead atoms. The van der Waals surface area contributed by atoms with Gasteiger partial charge in [0.05, 0.1) is 46.5 Å². The summed E-state index contributed by atoms with van der Waals surface area (Å²) in [5.41, 5.74) is 2.65. The Bertz CT molecular complexity index is 253. The maximum Gasteiger partial charge on any atom is 0.148 e. The number of quaternary nitrogens is 1. The number of rotatable bonds is 10. The van der Waals surface area contributed by atoms with E-state index >= 15 is 0 Å². The molecule has 1 aliphatic rings. The predicted octanol–water partition coefficient (Wildman–Crippen LogP) is 0.948. The number of hydrogen-bond acceptors (Lipinski definition) is 4. The average molecular weight is 272 g/mol. The van der Waals surface area contributed by atoms with Gasteiger partial charge in [-0.25, -0.2) is 0 Å². The van der Waals surface area contributed by atoms with Gasteiger partial charge in [-0.05, 0) is 0 Å². The van der Waals surface area contributed by atoms with E-state index in [-0.39, 0.29) is 12.3 Å². The molecule has 1 rings (SSSR count). The normalized spacial score (nSPS) is 18.4. The van der Waals surface area contributed by atoms with Gasteiger partial charge < -0.3 is 15.6 Å². The van der Waals surface area contributed by atoms with Crippen molar-refractivity contribution in [3.63, 3.8) is 0 Å². The number of ether oxygens (including phenoxy) is 1. The Labute approximate surface area is 116 Å². The minimum atomic E-state index is 0.153. The number of hydrogen-bond donors (Lipinski definition) is 1. The van der Waals surface area contributed by atoms with Gasteiger partial charge in [0.2, 0.25) is 0 Å². The van der Waals surface area contributed by atoms with E-state index in [0.717, 1.165) is 17.6 Å². The van der Waals surface area contributed by atoms with Crippen LogP contribution in [0.4, 0.5) is 0 Å². The van der Waals surface area contributed by atoms with Crippen molar-refractivity contribution >= 4 is 5.78 Å². The summed E-state index contributed by atoms with van der Waals surface area (Å²) < 4.78 is 6.67. The Hall–Kier alpha value is -0.490. The molecule has 5 heteroatoms. The molecule has 0 amide bonds. The first-order valence-electron chi connectivity index (χ1n) is 7.25. The number of carbonyl (C=O) groups excluding carboxylic acids is 1. The van der Waals surface area contributed by atoms with Crippen LogP contribution in [0.1, 0.15) is 26.2 Å². The van der Waals surface area contributed by atoms with Gasteiger partial charge in [0.1, 0.15) is 12.3 Å². The third-order valence-electron chi connectivity index (χ3n) is 3.62. The number of hydroxylamine groups is 1. The standard InChI is InChI=1S/C14H28N2O3/c1-3-14(17)13-15-19-12-11-18-10-9-16(2)7-5-4-6-8-16/h4,15H,3,5-13H2,1-2H3. The molecule has 5 nitrogen and oxygen atoms in total. The summed E-state index contributed by atoms with van der Waals surface area (Å²) in [7, 11) is 2.30. The minimum absolute atomic E-state index is 0.153. The molecule has 1 aliphatic heterocycles. The lowest BCUT2D eigenvalue weighted by molar-refractivity contribution is -0.912. The Morgan fingerprint density at radius 3 is 2.68 bits per heavy atom. The Balaban J connectivity index is 1.89. The lowest BCUT2D eigenvalue weighted by Crippen LogP contribution is -2.49. The van der Waals surface area contributed by atoms with E-state index in [0.29, 0.717) is 19.6 Å². The van der Waals surface area contributed by atoms with Gasteiger partial charge in [-0.15, -0.1) is 12.8 Å². The topological polar surface area (TPSA) is 47.6 Å². The van der Waals surface area contributed by atoms with Crippen LogP contribution in [0.15, 0.2) is 0 Å². The number of carbonyl (C=O) groups is 1. The van der Waals surface area contributed by atoms with Crippen molar-refractivity contribution in [3.8, 4) is 0 Å². The van der Waals surface area contributed by atoms with Crippen LogP contribution in [0.25, 0.3) is 0 Å². The molecule has 1 saturated heterocycles. The van der Waals surface area contributed by atoms with Crippen molar-refractivity contribution in [1.29, 1.82) is 0 Å². The SMILES string of the molecule is CCC(=O)CNOCCOCC[N+]1(C)CC[CH-]CC1. The predicted molar refractivity (Wildman–Crippen MR) is 74.4 cm³/mol. The zero-order chi connectivity index (χ0) is 14.0. The molecule has 0 unspecified atom stereocenters. The molecule has 0 aromatic heterocycles.